The number of anilines is 1. The van der Waals surface area contributed by atoms with Gasteiger partial charge in [0.15, 0.2) is 0 Å². The Kier molecular flexibility index (Phi) is 5.89. The molecule has 1 aromatic heterocycles. The maximum atomic E-state index is 12.7. The molecule has 138 valence electrons. The van der Waals surface area contributed by atoms with E-state index in [-0.39, 0.29) is 11.9 Å². The molecule has 1 aliphatic rings. The van der Waals surface area contributed by atoms with E-state index in [2.05, 4.69) is 48.0 Å². The molecule has 1 fully saturated rings. The Bertz CT molecular complexity index is 717. The van der Waals surface area contributed by atoms with Crippen molar-refractivity contribution in [3.63, 3.8) is 0 Å². The highest BCUT2D eigenvalue weighted by Gasteiger charge is 2.27. The minimum atomic E-state index is 0.194. The van der Waals surface area contributed by atoms with Gasteiger partial charge in [-0.1, -0.05) is 23.8 Å². The normalized spacial score (nSPS) is 17.6. The van der Waals surface area contributed by atoms with Crippen LogP contribution in [0.1, 0.15) is 18.2 Å². The van der Waals surface area contributed by atoms with Crippen LogP contribution in [-0.4, -0.2) is 60.0 Å². The van der Waals surface area contributed by atoms with E-state index in [1.165, 1.54) is 11.3 Å². The Morgan fingerprint density at radius 2 is 1.96 bits per heavy atom. The molecule has 1 aliphatic heterocycles. The van der Waals surface area contributed by atoms with Crippen LogP contribution in [0.4, 0.5) is 5.69 Å². The van der Waals surface area contributed by atoms with Gasteiger partial charge in [0.2, 0.25) is 5.91 Å². The number of piperazine rings is 1. The molecule has 0 bridgehead atoms. The molecule has 1 atom stereocenters. The number of carbonyl (C=O) groups is 1. The Morgan fingerprint density at radius 3 is 2.62 bits per heavy atom. The number of hydrogen-bond donors (Lipinski definition) is 0. The molecule has 0 spiro atoms. The molecular formula is C21H28N4O. The standard InChI is InChI=1S/C21H28N4O/c1-17-7-9-20(10-8-17)24-12-13-25(18(2)14-24)21(26)16-23(3)15-19-6-4-5-11-22-19/h4-11,18H,12-16H2,1-3H3/t18-/m0/s1. The van der Waals surface area contributed by atoms with Gasteiger partial charge in [0.05, 0.1) is 12.2 Å². The fourth-order valence-corrected chi connectivity index (χ4v) is 3.46. The lowest BCUT2D eigenvalue weighted by Gasteiger charge is -2.41. The van der Waals surface area contributed by atoms with Crippen LogP contribution in [0.25, 0.3) is 0 Å². The first-order valence-electron chi connectivity index (χ1n) is 9.22. The van der Waals surface area contributed by atoms with Gasteiger partial charge in [0.25, 0.3) is 0 Å². The van der Waals surface area contributed by atoms with Crippen LogP contribution in [0, 0.1) is 6.92 Å². The van der Waals surface area contributed by atoms with Gasteiger partial charge in [-0.15, -0.1) is 0 Å². The van der Waals surface area contributed by atoms with E-state index in [9.17, 15) is 4.79 Å². The molecule has 0 aliphatic carbocycles. The van der Waals surface area contributed by atoms with Gasteiger partial charge in [-0.3, -0.25) is 14.7 Å². The molecule has 2 aromatic rings. The fourth-order valence-electron chi connectivity index (χ4n) is 3.46. The van der Waals surface area contributed by atoms with Crippen LogP contribution < -0.4 is 4.90 Å². The van der Waals surface area contributed by atoms with Crippen LogP contribution in [0.5, 0.6) is 0 Å². The number of carbonyl (C=O) groups excluding carboxylic acids is 1. The summed E-state index contributed by atoms with van der Waals surface area (Å²) < 4.78 is 0. The minimum absolute atomic E-state index is 0.194. The number of amides is 1. The van der Waals surface area contributed by atoms with Crippen LogP contribution in [0.3, 0.4) is 0 Å². The van der Waals surface area contributed by atoms with Crippen molar-refractivity contribution in [2.45, 2.75) is 26.4 Å². The van der Waals surface area contributed by atoms with Gasteiger partial charge in [0.1, 0.15) is 0 Å². The van der Waals surface area contributed by atoms with Gasteiger partial charge in [-0.25, -0.2) is 0 Å². The van der Waals surface area contributed by atoms with Crippen molar-refractivity contribution < 1.29 is 4.79 Å². The first-order valence-corrected chi connectivity index (χ1v) is 9.22. The second-order valence-electron chi connectivity index (χ2n) is 7.21. The van der Waals surface area contributed by atoms with E-state index in [0.29, 0.717) is 13.1 Å². The van der Waals surface area contributed by atoms with Gasteiger partial charge in [-0.05, 0) is 45.2 Å². The molecule has 3 rings (SSSR count). The zero-order valence-corrected chi connectivity index (χ0v) is 15.9. The minimum Gasteiger partial charge on any atom is -0.368 e. The SMILES string of the molecule is Cc1ccc(N2CCN(C(=O)CN(C)Cc3ccccn3)[C@@H](C)C2)cc1. The van der Waals surface area contributed by atoms with E-state index < -0.39 is 0 Å². The van der Waals surface area contributed by atoms with Crippen LogP contribution in [0.2, 0.25) is 0 Å². The monoisotopic (exact) mass is 352 g/mol. The average molecular weight is 352 g/mol. The highest BCUT2D eigenvalue weighted by atomic mass is 16.2. The van der Waals surface area contributed by atoms with Crippen LogP contribution in [0.15, 0.2) is 48.7 Å². The van der Waals surface area contributed by atoms with E-state index >= 15 is 0 Å². The van der Waals surface area contributed by atoms with E-state index in [1.54, 1.807) is 6.20 Å². The number of pyridine rings is 1. The molecule has 0 saturated carbocycles. The molecule has 5 heteroatoms. The molecule has 0 N–H and O–H groups in total. The van der Waals surface area contributed by atoms with Crippen molar-refractivity contribution in [1.29, 1.82) is 0 Å². The second kappa shape index (κ2) is 8.32. The van der Waals surface area contributed by atoms with Crippen molar-refractivity contribution in [2.75, 3.05) is 38.1 Å². The summed E-state index contributed by atoms with van der Waals surface area (Å²) in [7, 11) is 1.97. The maximum absolute atomic E-state index is 12.7. The van der Waals surface area contributed by atoms with Crippen molar-refractivity contribution in [1.82, 2.24) is 14.8 Å². The summed E-state index contributed by atoms with van der Waals surface area (Å²) >= 11 is 0. The summed E-state index contributed by atoms with van der Waals surface area (Å²) in [4.78, 5) is 23.5. The number of hydrogen-bond acceptors (Lipinski definition) is 4. The number of likely N-dealkylation sites (N-methyl/N-ethyl adjacent to an activating group) is 1. The Hall–Kier alpha value is -2.40. The summed E-state index contributed by atoms with van der Waals surface area (Å²) in [6, 6.07) is 14.7. The maximum Gasteiger partial charge on any atom is 0.237 e. The summed E-state index contributed by atoms with van der Waals surface area (Å²) in [5, 5.41) is 0. The van der Waals surface area contributed by atoms with Gasteiger partial charge < -0.3 is 9.80 Å². The van der Waals surface area contributed by atoms with Crippen molar-refractivity contribution in [3.8, 4) is 0 Å². The molecule has 1 aromatic carbocycles. The van der Waals surface area contributed by atoms with Crippen LogP contribution >= 0.6 is 0 Å². The van der Waals surface area contributed by atoms with Crippen molar-refractivity contribution in [2.24, 2.45) is 0 Å². The molecule has 5 nitrogen and oxygen atoms in total. The third-order valence-corrected chi connectivity index (χ3v) is 4.91. The van der Waals surface area contributed by atoms with E-state index in [4.69, 9.17) is 0 Å². The lowest BCUT2D eigenvalue weighted by Crippen LogP contribution is -2.55. The largest absolute Gasteiger partial charge is 0.368 e. The summed E-state index contributed by atoms with van der Waals surface area (Å²) in [6.07, 6.45) is 1.79. The fraction of sp³-hybridized carbons (Fsp3) is 0.429. The number of aryl methyl sites for hydroxylation is 1. The lowest BCUT2D eigenvalue weighted by molar-refractivity contribution is -0.134. The zero-order valence-electron chi connectivity index (χ0n) is 15.9. The average Bonchev–Trinajstić information content (AvgIpc) is 2.63. The number of nitrogens with zero attached hydrogens (tertiary/aromatic N) is 4. The summed E-state index contributed by atoms with van der Waals surface area (Å²) in [6.45, 7) is 7.87. The van der Waals surface area contributed by atoms with Crippen molar-refractivity contribution in [3.05, 3.63) is 59.9 Å². The first kappa shape index (κ1) is 18.4. The molecule has 1 saturated heterocycles. The van der Waals surface area contributed by atoms with E-state index in [1.807, 2.05) is 35.0 Å². The smallest absolute Gasteiger partial charge is 0.237 e. The number of aromatic nitrogens is 1. The predicted molar refractivity (Wildman–Crippen MR) is 105 cm³/mol. The van der Waals surface area contributed by atoms with Crippen LogP contribution in [-0.2, 0) is 11.3 Å². The predicted octanol–water partition coefficient (Wildman–Crippen LogP) is 2.56. The van der Waals surface area contributed by atoms with Gasteiger partial charge >= 0.3 is 0 Å². The quantitative estimate of drug-likeness (QED) is 0.829. The lowest BCUT2D eigenvalue weighted by atomic mass is 10.1. The first-order chi connectivity index (χ1) is 12.5. The number of rotatable bonds is 5. The Morgan fingerprint density at radius 1 is 1.19 bits per heavy atom. The van der Waals surface area contributed by atoms with Gasteiger partial charge in [-0.2, -0.15) is 0 Å². The second-order valence-corrected chi connectivity index (χ2v) is 7.21. The number of benzene rings is 1. The summed E-state index contributed by atoms with van der Waals surface area (Å²) in [5.41, 5.74) is 3.49. The third-order valence-electron chi connectivity index (χ3n) is 4.91. The van der Waals surface area contributed by atoms with E-state index in [0.717, 1.165) is 25.3 Å². The topological polar surface area (TPSA) is 39.7 Å². The highest BCUT2D eigenvalue weighted by Crippen LogP contribution is 2.20. The molecule has 1 amide bonds. The molecule has 2 heterocycles. The Labute approximate surface area is 156 Å². The molecular weight excluding hydrogens is 324 g/mol. The zero-order chi connectivity index (χ0) is 18.5. The van der Waals surface area contributed by atoms with Crippen molar-refractivity contribution >= 4 is 11.6 Å². The molecule has 0 unspecified atom stereocenters. The Balaban J connectivity index is 1.53. The summed E-state index contributed by atoms with van der Waals surface area (Å²) in [5.74, 6) is 0.194. The van der Waals surface area contributed by atoms with Gasteiger partial charge in [0, 0.05) is 44.1 Å². The molecule has 26 heavy (non-hydrogen) atoms. The third kappa shape index (κ3) is 4.61. The highest BCUT2D eigenvalue weighted by molar-refractivity contribution is 5.79. The molecule has 0 radical (unpaired) electrons.